The number of nitrogens with zero attached hydrogens (tertiary/aromatic N) is 2. The second kappa shape index (κ2) is 12.7. The topological polar surface area (TPSA) is 56.1 Å². The fourth-order valence-corrected chi connectivity index (χ4v) is 4.77. The molecule has 0 saturated heterocycles. The maximum Gasteiger partial charge on any atom is 0.251 e. The molecular weight excluding hydrogens is 514 g/mol. The van der Waals surface area contributed by atoms with E-state index in [4.69, 9.17) is 9.72 Å². The third-order valence-electron chi connectivity index (χ3n) is 6.52. The number of aryl methyl sites for hydroxylation is 3. The molecule has 0 aliphatic carbocycles. The van der Waals surface area contributed by atoms with Gasteiger partial charge in [-0.05, 0) is 80.6 Å². The first-order valence-corrected chi connectivity index (χ1v) is 13.5. The Bertz CT molecular complexity index is 1310. The molecule has 4 aromatic rings. The van der Waals surface area contributed by atoms with Gasteiger partial charge in [0.1, 0.15) is 11.6 Å². The summed E-state index contributed by atoms with van der Waals surface area (Å²) in [5.41, 5.74) is 5.37. The highest BCUT2D eigenvalue weighted by molar-refractivity contribution is 9.10. The Hall–Kier alpha value is -3.12. The molecule has 6 heteroatoms. The van der Waals surface area contributed by atoms with Crippen LogP contribution in [0.3, 0.4) is 0 Å². The largest absolute Gasteiger partial charge is 0.493 e. The van der Waals surface area contributed by atoms with Crippen molar-refractivity contribution in [1.82, 2.24) is 14.9 Å². The number of carbonyl (C=O) groups excluding carboxylic acids is 1. The average Bonchev–Trinajstić information content (AvgIpc) is 3.23. The minimum absolute atomic E-state index is 0.0267. The number of hydrogen-bond donors (Lipinski definition) is 1. The van der Waals surface area contributed by atoms with Gasteiger partial charge in [-0.1, -0.05) is 52.7 Å². The molecule has 1 aromatic heterocycles. The minimum atomic E-state index is -0.0267. The highest BCUT2D eigenvalue weighted by Gasteiger charge is 2.11. The summed E-state index contributed by atoms with van der Waals surface area (Å²) >= 11 is 3.41. The Morgan fingerprint density at radius 3 is 2.67 bits per heavy atom. The molecule has 0 aliphatic rings. The van der Waals surface area contributed by atoms with Gasteiger partial charge in [0.2, 0.25) is 0 Å². The zero-order valence-corrected chi connectivity index (χ0v) is 22.7. The van der Waals surface area contributed by atoms with Gasteiger partial charge < -0.3 is 14.6 Å². The lowest BCUT2D eigenvalue weighted by Crippen LogP contribution is -2.24. The van der Waals surface area contributed by atoms with E-state index in [-0.39, 0.29) is 5.91 Å². The van der Waals surface area contributed by atoms with E-state index in [1.54, 1.807) is 0 Å². The van der Waals surface area contributed by atoms with Gasteiger partial charge in [0.15, 0.2) is 0 Å². The predicted octanol–water partition coefficient (Wildman–Crippen LogP) is 7.03. The SMILES string of the molecule is Cc1cccc(OCCCn2c(CCCCCNC(=O)c3cccc(Br)c3)nc3ccccc32)c1C. The lowest BCUT2D eigenvalue weighted by Gasteiger charge is -2.13. The Morgan fingerprint density at radius 1 is 0.972 bits per heavy atom. The van der Waals surface area contributed by atoms with Crippen LogP contribution in [0.5, 0.6) is 5.75 Å². The van der Waals surface area contributed by atoms with Crippen molar-refractivity contribution >= 4 is 32.9 Å². The quantitative estimate of drug-likeness (QED) is 0.194. The number of benzene rings is 3. The molecule has 3 aromatic carbocycles. The monoisotopic (exact) mass is 547 g/mol. The van der Waals surface area contributed by atoms with Crippen molar-refractivity contribution in [2.45, 2.75) is 52.5 Å². The summed E-state index contributed by atoms with van der Waals surface area (Å²) in [6, 6.07) is 22.0. The first kappa shape index (κ1) is 26.0. The lowest BCUT2D eigenvalue weighted by molar-refractivity contribution is 0.0953. The number of unbranched alkanes of at least 4 members (excludes halogenated alkanes) is 2. The van der Waals surface area contributed by atoms with Crippen LogP contribution in [0.25, 0.3) is 11.0 Å². The standard InChI is InChI=1S/C30H34BrN3O2/c1-22-11-8-16-28(23(22)2)36-20-10-19-34-27-15-6-5-14-26(27)33-29(34)17-4-3-7-18-32-30(35)24-12-9-13-25(31)21-24/h5-6,8-9,11-16,21H,3-4,7,10,17-20H2,1-2H3,(H,32,35). The van der Waals surface area contributed by atoms with Crippen molar-refractivity contribution in [2.24, 2.45) is 0 Å². The van der Waals surface area contributed by atoms with Crippen LogP contribution in [0, 0.1) is 13.8 Å². The summed E-state index contributed by atoms with van der Waals surface area (Å²) in [6.07, 6.45) is 4.87. The summed E-state index contributed by atoms with van der Waals surface area (Å²) in [5.74, 6) is 2.07. The number of fused-ring (bicyclic) bond motifs is 1. The van der Waals surface area contributed by atoms with E-state index in [0.717, 1.165) is 60.2 Å². The van der Waals surface area contributed by atoms with E-state index in [1.165, 1.54) is 16.6 Å². The van der Waals surface area contributed by atoms with Crippen molar-refractivity contribution in [2.75, 3.05) is 13.2 Å². The van der Waals surface area contributed by atoms with E-state index >= 15 is 0 Å². The summed E-state index contributed by atoms with van der Waals surface area (Å²) in [5, 5.41) is 3.02. The number of para-hydroxylation sites is 2. The van der Waals surface area contributed by atoms with Crippen molar-refractivity contribution in [3.8, 4) is 5.75 Å². The number of aromatic nitrogens is 2. The number of halogens is 1. The molecule has 1 N–H and O–H groups in total. The maximum absolute atomic E-state index is 12.3. The Kier molecular flexibility index (Phi) is 9.17. The van der Waals surface area contributed by atoms with Crippen molar-refractivity contribution in [3.63, 3.8) is 0 Å². The van der Waals surface area contributed by atoms with Gasteiger partial charge >= 0.3 is 0 Å². The van der Waals surface area contributed by atoms with E-state index in [1.807, 2.05) is 42.5 Å². The summed E-state index contributed by atoms with van der Waals surface area (Å²) in [6.45, 7) is 6.45. The number of hydrogen-bond acceptors (Lipinski definition) is 3. The molecule has 1 amide bonds. The Morgan fingerprint density at radius 2 is 1.81 bits per heavy atom. The summed E-state index contributed by atoms with van der Waals surface area (Å²) in [4.78, 5) is 17.2. The number of carbonyl (C=O) groups is 1. The fraction of sp³-hybridized carbons (Fsp3) is 0.333. The molecule has 1 heterocycles. The van der Waals surface area contributed by atoms with Gasteiger partial charge in [-0.15, -0.1) is 0 Å². The van der Waals surface area contributed by atoms with Crippen molar-refractivity contribution in [3.05, 3.63) is 93.7 Å². The normalized spacial score (nSPS) is 11.1. The van der Waals surface area contributed by atoms with Crippen LogP contribution in [0.2, 0.25) is 0 Å². The molecule has 0 radical (unpaired) electrons. The second-order valence-corrected chi connectivity index (χ2v) is 10.1. The van der Waals surface area contributed by atoms with Gasteiger partial charge in [0, 0.05) is 29.5 Å². The summed E-state index contributed by atoms with van der Waals surface area (Å²) < 4.78 is 9.34. The first-order valence-electron chi connectivity index (χ1n) is 12.7. The number of rotatable bonds is 12. The second-order valence-electron chi connectivity index (χ2n) is 9.15. The smallest absolute Gasteiger partial charge is 0.251 e. The zero-order chi connectivity index (χ0) is 25.3. The third kappa shape index (κ3) is 6.76. The first-order chi connectivity index (χ1) is 17.5. The molecule has 0 saturated carbocycles. The van der Waals surface area contributed by atoms with Gasteiger partial charge in [0.25, 0.3) is 5.91 Å². The fourth-order valence-electron chi connectivity index (χ4n) is 4.37. The van der Waals surface area contributed by atoms with E-state index < -0.39 is 0 Å². The predicted molar refractivity (Wildman–Crippen MR) is 150 cm³/mol. The Labute approximate surface area is 222 Å². The maximum atomic E-state index is 12.3. The van der Waals surface area contributed by atoms with Crippen LogP contribution in [-0.4, -0.2) is 28.6 Å². The van der Waals surface area contributed by atoms with E-state index in [0.29, 0.717) is 18.7 Å². The molecule has 0 bridgehead atoms. The minimum Gasteiger partial charge on any atom is -0.493 e. The molecule has 5 nitrogen and oxygen atoms in total. The number of amides is 1. The van der Waals surface area contributed by atoms with Crippen molar-refractivity contribution < 1.29 is 9.53 Å². The Balaban J connectivity index is 1.26. The van der Waals surface area contributed by atoms with Crippen LogP contribution in [0.4, 0.5) is 0 Å². The van der Waals surface area contributed by atoms with E-state index in [2.05, 4.69) is 63.9 Å². The zero-order valence-electron chi connectivity index (χ0n) is 21.1. The van der Waals surface area contributed by atoms with Gasteiger partial charge in [0.05, 0.1) is 17.6 Å². The van der Waals surface area contributed by atoms with Gasteiger partial charge in [-0.3, -0.25) is 4.79 Å². The molecular formula is C30H34BrN3O2. The summed E-state index contributed by atoms with van der Waals surface area (Å²) in [7, 11) is 0. The molecule has 0 unspecified atom stereocenters. The van der Waals surface area contributed by atoms with Gasteiger partial charge in [-0.2, -0.15) is 0 Å². The van der Waals surface area contributed by atoms with E-state index in [9.17, 15) is 4.79 Å². The van der Waals surface area contributed by atoms with Crippen LogP contribution >= 0.6 is 15.9 Å². The molecule has 188 valence electrons. The van der Waals surface area contributed by atoms with Crippen LogP contribution in [0.15, 0.2) is 71.2 Å². The number of ether oxygens (including phenoxy) is 1. The van der Waals surface area contributed by atoms with Gasteiger partial charge in [-0.25, -0.2) is 4.98 Å². The van der Waals surface area contributed by atoms with Crippen molar-refractivity contribution in [1.29, 1.82) is 0 Å². The molecule has 0 atom stereocenters. The van der Waals surface area contributed by atoms with Crippen LogP contribution in [0.1, 0.15) is 53.0 Å². The lowest BCUT2D eigenvalue weighted by atomic mass is 10.1. The molecule has 36 heavy (non-hydrogen) atoms. The van der Waals surface area contributed by atoms with Crippen LogP contribution in [-0.2, 0) is 13.0 Å². The highest BCUT2D eigenvalue weighted by atomic mass is 79.9. The average molecular weight is 549 g/mol. The number of imidazole rings is 1. The molecule has 0 spiro atoms. The highest BCUT2D eigenvalue weighted by Crippen LogP contribution is 2.22. The molecule has 0 fully saturated rings. The van der Waals surface area contributed by atoms with Crippen LogP contribution < -0.4 is 10.1 Å². The molecule has 0 aliphatic heterocycles. The third-order valence-corrected chi connectivity index (χ3v) is 7.01. The molecule has 4 rings (SSSR count). The number of nitrogens with one attached hydrogen (secondary N) is 1.